The molecule has 1 aromatic rings. The van der Waals surface area contributed by atoms with Crippen LogP contribution in [0.4, 0.5) is 0 Å². The van der Waals surface area contributed by atoms with E-state index in [0.29, 0.717) is 25.0 Å². The molecular formula is C16H19NO4S. The fraction of sp³-hybridized carbons (Fsp3) is 0.562. The average molecular weight is 321 g/mol. The average Bonchev–Trinajstić information content (AvgIpc) is 2.97. The third-order valence-corrected chi connectivity index (χ3v) is 7.84. The third kappa shape index (κ3) is 2.20. The Labute approximate surface area is 130 Å². The van der Waals surface area contributed by atoms with Crippen molar-refractivity contribution in [3.05, 3.63) is 29.3 Å². The first kappa shape index (κ1) is 14.1. The van der Waals surface area contributed by atoms with Crippen LogP contribution in [-0.4, -0.2) is 37.5 Å². The van der Waals surface area contributed by atoms with E-state index in [1.54, 1.807) is 6.07 Å². The molecule has 22 heavy (non-hydrogen) atoms. The van der Waals surface area contributed by atoms with Crippen LogP contribution in [-0.2, 0) is 16.3 Å². The quantitative estimate of drug-likeness (QED) is 0.895. The summed E-state index contributed by atoms with van der Waals surface area (Å²) in [5.74, 6) is 0.747. The van der Waals surface area contributed by atoms with Crippen molar-refractivity contribution < 1.29 is 17.9 Å². The van der Waals surface area contributed by atoms with Crippen LogP contribution in [0.25, 0.3) is 0 Å². The molecule has 1 N–H and O–H groups in total. The van der Waals surface area contributed by atoms with Crippen LogP contribution in [0.2, 0.25) is 0 Å². The summed E-state index contributed by atoms with van der Waals surface area (Å²) in [6.45, 7) is 0.671. The van der Waals surface area contributed by atoms with Gasteiger partial charge in [0.1, 0.15) is 5.75 Å². The summed E-state index contributed by atoms with van der Waals surface area (Å²) in [6, 6.07) is 5.46. The smallest absolute Gasteiger partial charge is 0.251 e. The predicted molar refractivity (Wildman–Crippen MR) is 81.9 cm³/mol. The summed E-state index contributed by atoms with van der Waals surface area (Å²) in [5.41, 5.74) is 1.70. The van der Waals surface area contributed by atoms with Gasteiger partial charge in [-0.2, -0.15) is 0 Å². The first-order chi connectivity index (χ1) is 10.5. The zero-order valence-corrected chi connectivity index (χ0v) is 13.1. The summed E-state index contributed by atoms with van der Waals surface area (Å²) >= 11 is 0. The normalized spacial score (nSPS) is 31.4. The van der Waals surface area contributed by atoms with Gasteiger partial charge in [0.25, 0.3) is 5.91 Å². The highest BCUT2D eigenvalue weighted by Crippen LogP contribution is 2.38. The molecule has 2 atom stereocenters. The number of fused-ring (bicyclic) bond motifs is 3. The minimum atomic E-state index is -2.94. The number of hydrogen-bond donors (Lipinski definition) is 1. The topological polar surface area (TPSA) is 72.5 Å². The van der Waals surface area contributed by atoms with Crippen LogP contribution < -0.4 is 10.1 Å². The minimum Gasteiger partial charge on any atom is -0.493 e. The van der Waals surface area contributed by atoms with Crippen molar-refractivity contribution in [3.63, 3.8) is 0 Å². The van der Waals surface area contributed by atoms with Crippen molar-refractivity contribution in [2.75, 3.05) is 6.61 Å². The van der Waals surface area contributed by atoms with Gasteiger partial charge in [0, 0.05) is 18.0 Å². The van der Waals surface area contributed by atoms with E-state index in [0.717, 1.165) is 30.6 Å². The standard InChI is InChI=1S/C16H19NO4S/c18-16(11-1-4-15-10(7-11)5-6-21-15)17-12-8-13-2-3-14(9-12)22(13,19)20/h1,4,7,12-14H,2-3,5-6,8-9H2,(H,17,18). The molecule has 0 saturated carbocycles. The molecule has 2 bridgehead atoms. The van der Waals surface area contributed by atoms with Gasteiger partial charge >= 0.3 is 0 Å². The highest BCUT2D eigenvalue weighted by atomic mass is 32.2. The van der Waals surface area contributed by atoms with Gasteiger partial charge in [-0.3, -0.25) is 4.79 Å². The van der Waals surface area contributed by atoms with E-state index in [4.69, 9.17) is 4.74 Å². The van der Waals surface area contributed by atoms with E-state index in [1.165, 1.54) is 0 Å². The molecule has 6 heteroatoms. The second-order valence-corrected chi connectivity index (χ2v) is 8.98. The van der Waals surface area contributed by atoms with Gasteiger partial charge in [0.2, 0.25) is 0 Å². The van der Waals surface area contributed by atoms with Gasteiger partial charge < -0.3 is 10.1 Å². The summed E-state index contributed by atoms with van der Waals surface area (Å²) in [6.07, 6.45) is 3.44. The molecule has 0 spiro atoms. The Hall–Kier alpha value is -1.56. The van der Waals surface area contributed by atoms with Gasteiger partial charge in [-0.05, 0) is 49.4 Å². The van der Waals surface area contributed by atoms with Crippen LogP contribution in [0.5, 0.6) is 5.75 Å². The molecule has 0 aliphatic carbocycles. The number of benzene rings is 1. The van der Waals surface area contributed by atoms with Crippen molar-refractivity contribution >= 4 is 15.7 Å². The van der Waals surface area contributed by atoms with E-state index in [1.807, 2.05) is 12.1 Å². The first-order valence-electron chi connectivity index (χ1n) is 7.83. The SMILES string of the molecule is O=C(NC1CC2CCC(C1)S2(=O)=O)c1ccc2c(c1)CCO2. The number of nitrogens with one attached hydrogen (secondary N) is 1. The van der Waals surface area contributed by atoms with Crippen molar-refractivity contribution in [1.82, 2.24) is 5.32 Å². The summed E-state index contributed by atoms with van der Waals surface area (Å²) in [7, 11) is -2.94. The third-order valence-electron chi connectivity index (χ3n) is 5.12. The molecule has 118 valence electrons. The molecule has 3 aliphatic rings. The zero-order valence-electron chi connectivity index (χ0n) is 12.2. The Balaban J connectivity index is 1.47. The van der Waals surface area contributed by atoms with Crippen molar-refractivity contribution in [2.24, 2.45) is 0 Å². The summed E-state index contributed by atoms with van der Waals surface area (Å²) < 4.78 is 29.6. The number of carbonyl (C=O) groups excluding carboxylic acids is 1. The zero-order chi connectivity index (χ0) is 15.3. The second-order valence-electron chi connectivity index (χ2n) is 6.47. The van der Waals surface area contributed by atoms with Gasteiger partial charge in [-0.1, -0.05) is 0 Å². The number of hydrogen-bond acceptors (Lipinski definition) is 4. The minimum absolute atomic E-state index is 0.0296. The molecular weight excluding hydrogens is 302 g/mol. The molecule has 3 heterocycles. The maximum atomic E-state index is 12.4. The molecule has 1 amide bonds. The van der Waals surface area contributed by atoms with Gasteiger partial charge in [0.05, 0.1) is 17.1 Å². The monoisotopic (exact) mass is 321 g/mol. The largest absolute Gasteiger partial charge is 0.493 e. The lowest BCUT2D eigenvalue weighted by molar-refractivity contribution is 0.0932. The van der Waals surface area contributed by atoms with E-state index < -0.39 is 9.84 Å². The molecule has 2 fully saturated rings. The van der Waals surface area contributed by atoms with E-state index >= 15 is 0 Å². The number of ether oxygens (including phenoxy) is 1. The first-order valence-corrected chi connectivity index (χ1v) is 9.44. The van der Waals surface area contributed by atoms with E-state index in [9.17, 15) is 13.2 Å². The number of sulfone groups is 1. The van der Waals surface area contributed by atoms with Crippen LogP contribution in [0.3, 0.4) is 0 Å². The second kappa shape index (κ2) is 4.98. The van der Waals surface area contributed by atoms with Gasteiger partial charge in [-0.15, -0.1) is 0 Å². The Morgan fingerprint density at radius 3 is 2.64 bits per heavy atom. The van der Waals surface area contributed by atoms with Crippen LogP contribution in [0.15, 0.2) is 18.2 Å². The van der Waals surface area contributed by atoms with Crippen LogP contribution >= 0.6 is 0 Å². The number of rotatable bonds is 2. The molecule has 2 saturated heterocycles. The lowest BCUT2D eigenvalue weighted by atomic mass is 10.1. The molecule has 1 aromatic carbocycles. The Bertz CT molecular complexity index is 708. The Morgan fingerprint density at radius 1 is 1.18 bits per heavy atom. The summed E-state index contributed by atoms with van der Waals surface area (Å²) in [5, 5.41) is 2.50. The Kier molecular flexibility index (Phi) is 3.18. The van der Waals surface area contributed by atoms with Crippen LogP contribution in [0.1, 0.15) is 41.6 Å². The fourth-order valence-electron chi connectivity index (χ4n) is 3.92. The maximum absolute atomic E-state index is 12.4. The number of amides is 1. The van der Waals surface area contributed by atoms with E-state index in [-0.39, 0.29) is 22.4 Å². The molecule has 5 nitrogen and oxygen atoms in total. The lowest BCUT2D eigenvalue weighted by Crippen LogP contribution is -2.45. The predicted octanol–water partition coefficient (Wildman–Crippen LogP) is 1.46. The van der Waals surface area contributed by atoms with Crippen molar-refractivity contribution in [3.8, 4) is 5.75 Å². The lowest BCUT2D eigenvalue weighted by Gasteiger charge is -2.28. The van der Waals surface area contributed by atoms with Gasteiger partial charge in [0.15, 0.2) is 9.84 Å². The molecule has 3 aliphatic heterocycles. The van der Waals surface area contributed by atoms with Crippen molar-refractivity contribution in [2.45, 2.75) is 48.6 Å². The summed E-state index contributed by atoms with van der Waals surface area (Å²) in [4.78, 5) is 12.4. The highest BCUT2D eigenvalue weighted by Gasteiger charge is 2.47. The van der Waals surface area contributed by atoms with Gasteiger partial charge in [-0.25, -0.2) is 8.42 Å². The number of carbonyl (C=O) groups is 1. The van der Waals surface area contributed by atoms with Crippen molar-refractivity contribution in [1.29, 1.82) is 0 Å². The molecule has 0 aromatic heterocycles. The molecule has 0 radical (unpaired) electrons. The maximum Gasteiger partial charge on any atom is 0.251 e. The fourth-order valence-corrected chi connectivity index (χ4v) is 6.40. The van der Waals surface area contributed by atoms with Crippen LogP contribution in [0, 0.1) is 0 Å². The molecule has 4 rings (SSSR count). The highest BCUT2D eigenvalue weighted by molar-refractivity contribution is 7.93. The molecule has 2 unspecified atom stereocenters. The Morgan fingerprint density at radius 2 is 1.91 bits per heavy atom. The van der Waals surface area contributed by atoms with E-state index in [2.05, 4.69) is 5.32 Å².